The Balaban J connectivity index is 1.06. The normalized spacial score (nSPS) is 13.6. The minimum Gasteiger partial charge on any atom is -0.455 e. The lowest BCUT2D eigenvalue weighted by Crippen LogP contribution is -2.15. The SMILES string of the molecule is CC1(C)c2cc(-c3cnc4c5ccccc5c5ccccc5c4n3)ccc2-c2ccc(-c3cc4ccccc4c4c3oc3ccccc34)cc21. The minimum atomic E-state index is -0.215. The van der Waals surface area contributed by atoms with Gasteiger partial charge in [0.05, 0.1) is 22.9 Å². The highest BCUT2D eigenvalue weighted by Crippen LogP contribution is 2.51. The summed E-state index contributed by atoms with van der Waals surface area (Å²) in [6, 6.07) is 50.1. The number of nitrogens with zero attached hydrogens (tertiary/aromatic N) is 2. The van der Waals surface area contributed by atoms with E-state index in [0.717, 1.165) is 55.2 Å². The summed E-state index contributed by atoms with van der Waals surface area (Å²) in [4.78, 5) is 10.3. The van der Waals surface area contributed by atoms with Gasteiger partial charge in [-0.3, -0.25) is 4.98 Å². The van der Waals surface area contributed by atoms with Crippen molar-refractivity contribution in [3.8, 4) is 33.5 Å². The summed E-state index contributed by atoms with van der Waals surface area (Å²) < 4.78 is 6.61. The molecule has 234 valence electrons. The van der Waals surface area contributed by atoms with Crippen molar-refractivity contribution < 1.29 is 4.42 Å². The minimum absolute atomic E-state index is 0.215. The van der Waals surface area contributed by atoms with Gasteiger partial charge in [-0.1, -0.05) is 129 Å². The Morgan fingerprint density at radius 1 is 0.500 bits per heavy atom. The Morgan fingerprint density at radius 2 is 1.08 bits per heavy atom. The molecule has 0 spiro atoms. The summed E-state index contributed by atoms with van der Waals surface area (Å²) in [5.74, 6) is 0. The predicted octanol–water partition coefficient (Wildman–Crippen LogP) is 12.6. The van der Waals surface area contributed by atoms with Crippen LogP contribution < -0.4 is 0 Å². The lowest BCUT2D eigenvalue weighted by Gasteiger charge is -2.22. The largest absolute Gasteiger partial charge is 0.455 e. The summed E-state index contributed by atoms with van der Waals surface area (Å²) in [5, 5.41) is 9.44. The Hall–Kier alpha value is -6.32. The van der Waals surface area contributed by atoms with Crippen LogP contribution >= 0.6 is 0 Å². The second-order valence-electron chi connectivity index (χ2n) is 14.1. The molecule has 3 nitrogen and oxygen atoms in total. The van der Waals surface area contributed by atoms with Gasteiger partial charge in [-0.05, 0) is 73.6 Å². The fraction of sp³-hybridized carbons (Fsp3) is 0.0638. The lowest BCUT2D eigenvalue weighted by atomic mass is 9.81. The maximum absolute atomic E-state index is 6.61. The number of fused-ring (bicyclic) bond motifs is 14. The van der Waals surface area contributed by atoms with Crippen molar-refractivity contribution in [2.75, 3.05) is 0 Å². The molecule has 0 amide bonds. The topological polar surface area (TPSA) is 38.9 Å². The molecular weight excluding hydrogens is 609 g/mol. The van der Waals surface area contributed by atoms with E-state index in [1.807, 2.05) is 12.3 Å². The van der Waals surface area contributed by atoms with Crippen LogP contribution in [0.1, 0.15) is 25.0 Å². The molecule has 1 aliphatic rings. The zero-order valence-corrected chi connectivity index (χ0v) is 27.7. The van der Waals surface area contributed by atoms with E-state index in [0.29, 0.717) is 0 Å². The molecule has 8 aromatic carbocycles. The third kappa shape index (κ3) is 3.69. The average molecular weight is 639 g/mol. The first-order valence-electron chi connectivity index (χ1n) is 17.2. The number of para-hydroxylation sites is 1. The molecule has 1 aliphatic carbocycles. The third-order valence-corrected chi connectivity index (χ3v) is 11.1. The molecule has 0 fully saturated rings. The van der Waals surface area contributed by atoms with Crippen LogP contribution in [0.2, 0.25) is 0 Å². The van der Waals surface area contributed by atoms with Crippen molar-refractivity contribution in [1.82, 2.24) is 9.97 Å². The van der Waals surface area contributed by atoms with Gasteiger partial charge in [-0.25, -0.2) is 4.98 Å². The van der Waals surface area contributed by atoms with E-state index in [-0.39, 0.29) is 5.41 Å². The molecule has 0 aliphatic heterocycles. The standard InChI is InChI=1S/C47H30N2O/c1-47(2)39-24-28(38-23-27-11-3-4-12-30(27)43-37-17-9-10-18-42(37)50-46(38)43)19-21-33(39)34-22-20-29(25-40(34)47)41-26-48-44-35-15-7-5-13-31(35)32-14-6-8-16-36(32)45(44)49-41/h3-26H,1-2H3. The van der Waals surface area contributed by atoms with Crippen LogP contribution in [0.15, 0.2) is 150 Å². The van der Waals surface area contributed by atoms with Crippen LogP contribution in [-0.4, -0.2) is 9.97 Å². The maximum Gasteiger partial charge on any atom is 0.143 e. The van der Waals surface area contributed by atoms with Gasteiger partial charge in [0, 0.05) is 38.1 Å². The molecule has 2 heterocycles. The summed E-state index contributed by atoms with van der Waals surface area (Å²) in [6.45, 7) is 4.68. The van der Waals surface area contributed by atoms with Crippen molar-refractivity contribution >= 4 is 65.3 Å². The number of hydrogen-bond donors (Lipinski definition) is 0. The summed E-state index contributed by atoms with van der Waals surface area (Å²) in [7, 11) is 0. The Morgan fingerprint density at radius 3 is 1.82 bits per heavy atom. The molecular formula is C47H30N2O. The van der Waals surface area contributed by atoms with Gasteiger partial charge >= 0.3 is 0 Å². The highest BCUT2D eigenvalue weighted by Gasteiger charge is 2.36. The molecule has 0 N–H and O–H groups in total. The third-order valence-electron chi connectivity index (χ3n) is 11.1. The molecule has 0 radical (unpaired) electrons. The van der Waals surface area contributed by atoms with Crippen molar-refractivity contribution in [2.24, 2.45) is 0 Å². The maximum atomic E-state index is 6.61. The zero-order valence-electron chi connectivity index (χ0n) is 27.7. The van der Waals surface area contributed by atoms with Gasteiger partial charge in [0.25, 0.3) is 0 Å². The summed E-state index contributed by atoms with van der Waals surface area (Å²) in [6.07, 6.45) is 1.94. The van der Waals surface area contributed by atoms with Crippen molar-refractivity contribution in [1.29, 1.82) is 0 Å². The molecule has 0 unspecified atom stereocenters. The van der Waals surface area contributed by atoms with Crippen molar-refractivity contribution in [3.05, 3.63) is 157 Å². The van der Waals surface area contributed by atoms with Crippen LogP contribution in [0.25, 0.3) is 98.8 Å². The highest BCUT2D eigenvalue weighted by atomic mass is 16.3. The Kier molecular flexibility index (Phi) is 5.45. The molecule has 10 aromatic rings. The quantitative estimate of drug-likeness (QED) is 0.177. The van der Waals surface area contributed by atoms with E-state index in [1.54, 1.807) is 0 Å². The summed E-state index contributed by atoms with van der Waals surface area (Å²) >= 11 is 0. The monoisotopic (exact) mass is 638 g/mol. The van der Waals surface area contributed by atoms with Crippen molar-refractivity contribution in [2.45, 2.75) is 19.3 Å². The van der Waals surface area contributed by atoms with E-state index < -0.39 is 0 Å². The summed E-state index contributed by atoms with van der Waals surface area (Å²) in [5.41, 5.74) is 13.0. The number of furan rings is 1. The van der Waals surface area contributed by atoms with Gasteiger partial charge in [0.1, 0.15) is 11.2 Å². The van der Waals surface area contributed by atoms with Gasteiger partial charge in [-0.2, -0.15) is 0 Å². The van der Waals surface area contributed by atoms with E-state index in [4.69, 9.17) is 14.4 Å². The van der Waals surface area contributed by atoms with Gasteiger partial charge in [-0.15, -0.1) is 0 Å². The number of hydrogen-bond acceptors (Lipinski definition) is 3. The van der Waals surface area contributed by atoms with Gasteiger partial charge in [0.15, 0.2) is 0 Å². The number of rotatable bonds is 2. The molecule has 0 saturated carbocycles. The van der Waals surface area contributed by atoms with E-state index in [1.165, 1.54) is 54.7 Å². The second kappa shape index (κ2) is 9.87. The van der Waals surface area contributed by atoms with Gasteiger partial charge < -0.3 is 4.42 Å². The van der Waals surface area contributed by atoms with Gasteiger partial charge in [0.2, 0.25) is 0 Å². The number of benzene rings is 8. The van der Waals surface area contributed by atoms with Crippen LogP contribution in [-0.2, 0) is 5.41 Å². The fourth-order valence-electron chi connectivity index (χ4n) is 8.61. The fourth-order valence-corrected chi connectivity index (χ4v) is 8.61. The highest BCUT2D eigenvalue weighted by molar-refractivity contribution is 6.24. The molecule has 11 rings (SSSR count). The van der Waals surface area contributed by atoms with E-state index in [9.17, 15) is 0 Å². The van der Waals surface area contributed by atoms with Crippen LogP contribution in [0.3, 0.4) is 0 Å². The van der Waals surface area contributed by atoms with Crippen LogP contribution in [0.5, 0.6) is 0 Å². The first kappa shape index (κ1) is 27.6. The zero-order chi connectivity index (χ0) is 33.1. The molecule has 3 heteroatoms. The second-order valence-corrected chi connectivity index (χ2v) is 14.1. The average Bonchev–Trinajstić information content (AvgIpc) is 3.67. The number of aromatic nitrogens is 2. The molecule has 0 atom stereocenters. The lowest BCUT2D eigenvalue weighted by molar-refractivity contribution is 0.660. The first-order valence-corrected chi connectivity index (χ1v) is 17.2. The van der Waals surface area contributed by atoms with Crippen LogP contribution in [0.4, 0.5) is 0 Å². The smallest absolute Gasteiger partial charge is 0.143 e. The van der Waals surface area contributed by atoms with E-state index >= 15 is 0 Å². The molecule has 50 heavy (non-hydrogen) atoms. The van der Waals surface area contributed by atoms with E-state index in [2.05, 4.69) is 147 Å². The molecule has 0 saturated heterocycles. The Bertz CT molecular complexity index is 3040. The predicted molar refractivity (Wildman–Crippen MR) is 208 cm³/mol. The first-order chi connectivity index (χ1) is 24.5. The van der Waals surface area contributed by atoms with Crippen LogP contribution in [0, 0.1) is 0 Å². The molecule has 2 aromatic heterocycles. The molecule has 0 bridgehead atoms. The Labute approximate surface area is 288 Å². The van der Waals surface area contributed by atoms with Crippen molar-refractivity contribution in [3.63, 3.8) is 0 Å².